The number of para-hydroxylation sites is 1. The van der Waals surface area contributed by atoms with Crippen molar-refractivity contribution in [3.05, 3.63) is 75.1 Å². The molecule has 154 valence electrons. The molecule has 2 N–H and O–H groups in total. The maximum absolute atomic E-state index is 12.2. The first-order valence-electron chi connectivity index (χ1n) is 8.96. The molecule has 0 unspecified atom stereocenters. The van der Waals surface area contributed by atoms with Crippen LogP contribution in [0.5, 0.6) is 0 Å². The SMILES string of the molecule is CCOC(=O)c1ccccc1Nc1ncnc(Nc2cc(Cl)ccc2C)c1[N+](=O)[O-]. The highest BCUT2D eigenvalue weighted by Gasteiger charge is 2.25. The summed E-state index contributed by atoms with van der Waals surface area (Å²) in [6.45, 7) is 3.73. The number of benzene rings is 2. The Morgan fingerprint density at radius 3 is 2.47 bits per heavy atom. The Morgan fingerprint density at radius 1 is 1.13 bits per heavy atom. The Kier molecular flexibility index (Phi) is 6.43. The van der Waals surface area contributed by atoms with E-state index in [2.05, 4.69) is 20.6 Å². The number of rotatable bonds is 7. The highest BCUT2D eigenvalue weighted by atomic mass is 35.5. The summed E-state index contributed by atoms with van der Waals surface area (Å²) in [6, 6.07) is 11.7. The minimum absolute atomic E-state index is 0.0171. The molecule has 0 aliphatic carbocycles. The second kappa shape index (κ2) is 9.19. The molecule has 0 atom stereocenters. The smallest absolute Gasteiger partial charge is 0.353 e. The second-order valence-corrected chi connectivity index (χ2v) is 6.59. The fourth-order valence-electron chi connectivity index (χ4n) is 2.70. The van der Waals surface area contributed by atoms with E-state index in [1.54, 1.807) is 49.4 Å². The van der Waals surface area contributed by atoms with Gasteiger partial charge in [-0.15, -0.1) is 0 Å². The molecule has 30 heavy (non-hydrogen) atoms. The van der Waals surface area contributed by atoms with E-state index in [-0.39, 0.29) is 29.5 Å². The van der Waals surface area contributed by atoms with Crippen LogP contribution in [0.15, 0.2) is 48.8 Å². The minimum Gasteiger partial charge on any atom is -0.462 e. The molecular formula is C20H18ClN5O4. The number of carbonyl (C=O) groups is 1. The minimum atomic E-state index is -0.600. The van der Waals surface area contributed by atoms with E-state index < -0.39 is 10.9 Å². The average molecular weight is 428 g/mol. The van der Waals surface area contributed by atoms with E-state index in [1.807, 2.05) is 6.92 Å². The molecule has 0 saturated carbocycles. The normalized spacial score (nSPS) is 10.4. The van der Waals surface area contributed by atoms with Crippen LogP contribution in [0.2, 0.25) is 5.02 Å². The zero-order valence-electron chi connectivity index (χ0n) is 16.2. The Balaban J connectivity index is 2.02. The molecule has 0 amide bonds. The average Bonchev–Trinajstić information content (AvgIpc) is 2.71. The molecule has 3 aromatic rings. The van der Waals surface area contributed by atoms with Crippen molar-refractivity contribution in [2.24, 2.45) is 0 Å². The third kappa shape index (κ3) is 4.64. The predicted octanol–water partition coefficient (Wildman–Crippen LogP) is 5.01. The third-order valence-corrected chi connectivity index (χ3v) is 4.37. The lowest BCUT2D eigenvalue weighted by Gasteiger charge is -2.13. The van der Waals surface area contributed by atoms with Gasteiger partial charge >= 0.3 is 11.7 Å². The molecule has 1 aromatic heterocycles. The Labute approximate surface area is 177 Å². The molecule has 0 radical (unpaired) electrons. The van der Waals surface area contributed by atoms with Crippen LogP contribution in [0.25, 0.3) is 0 Å². The molecule has 0 aliphatic rings. The second-order valence-electron chi connectivity index (χ2n) is 6.15. The summed E-state index contributed by atoms with van der Waals surface area (Å²) in [5, 5.41) is 18.1. The quantitative estimate of drug-likeness (QED) is 0.306. The van der Waals surface area contributed by atoms with Crippen LogP contribution in [-0.4, -0.2) is 27.5 Å². The van der Waals surface area contributed by atoms with Gasteiger partial charge in [-0.3, -0.25) is 10.1 Å². The first-order valence-corrected chi connectivity index (χ1v) is 9.34. The van der Waals surface area contributed by atoms with E-state index >= 15 is 0 Å². The summed E-state index contributed by atoms with van der Waals surface area (Å²) in [4.78, 5) is 31.4. The summed E-state index contributed by atoms with van der Waals surface area (Å²) < 4.78 is 5.04. The monoisotopic (exact) mass is 427 g/mol. The van der Waals surface area contributed by atoms with Crippen molar-refractivity contribution < 1.29 is 14.5 Å². The molecule has 0 fully saturated rings. The lowest BCUT2D eigenvalue weighted by atomic mass is 10.1. The van der Waals surface area contributed by atoms with Gasteiger partial charge in [-0.2, -0.15) is 0 Å². The predicted molar refractivity (Wildman–Crippen MR) is 114 cm³/mol. The number of nitro groups is 1. The van der Waals surface area contributed by atoms with E-state index in [0.717, 1.165) is 5.56 Å². The lowest BCUT2D eigenvalue weighted by Crippen LogP contribution is -2.10. The van der Waals surface area contributed by atoms with Crippen molar-refractivity contribution in [2.45, 2.75) is 13.8 Å². The molecule has 3 rings (SSSR count). The van der Waals surface area contributed by atoms with E-state index in [0.29, 0.717) is 16.4 Å². The van der Waals surface area contributed by atoms with Gasteiger partial charge in [0.1, 0.15) is 6.33 Å². The molecule has 0 aliphatic heterocycles. The number of anilines is 4. The fraction of sp³-hybridized carbons (Fsp3) is 0.150. The Bertz CT molecular complexity index is 1110. The number of carbonyl (C=O) groups excluding carboxylic acids is 1. The first kappa shape index (κ1) is 21.0. The van der Waals surface area contributed by atoms with Crippen molar-refractivity contribution in [1.82, 2.24) is 9.97 Å². The number of halogens is 1. The van der Waals surface area contributed by atoms with Gasteiger partial charge in [0.2, 0.25) is 11.6 Å². The van der Waals surface area contributed by atoms with Crippen LogP contribution in [0.4, 0.5) is 28.7 Å². The maximum atomic E-state index is 12.2. The van der Waals surface area contributed by atoms with Gasteiger partial charge in [0.05, 0.1) is 22.8 Å². The first-order chi connectivity index (χ1) is 14.4. The van der Waals surface area contributed by atoms with Crippen LogP contribution < -0.4 is 10.6 Å². The van der Waals surface area contributed by atoms with Crippen LogP contribution >= 0.6 is 11.6 Å². The van der Waals surface area contributed by atoms with Crippen molar-refractivity contribution in [2.75, 3.05) is 17.2 Å². The summed E-state index contributed by atoms with van der Waals surface area (Å²) in [5.41, 5.74) is 1.57. The number of ether oxygens (including phenoxy) is 1. The van der Waals surface area contributed by atoms with Crippen LogP contribution in [-0.2, 0) is 4.74 Å². The number of aromatic nitrogens is 2. The Morgan fingerprint density at radius 2 is 1.80 bits per heavy atom. The molecule has 0 spiro atoms. The molecule has 2 aromatic carbocycles. The van der Waals surface area contributed by atoms with Gasteiger partial charge in [-0.1, -0.05) is 29.8 Å². The maximum Gasteiger partial charge on any atom is 0.353 e. The molecule has 10 heteroatoms. The van der Waals surface area contributed by atoms with Crippen molar-refractivity contribution in [1.29, 1.82) is 0 Å². The summed E-state index contributed by atoms with van der Waals surface area (Å²) in [7, 11) is 0. The molecule has 0 bridgehead atoms. The number of hydrogen-bond acceptors (Lipinski definition) is 8. The summed E-state index contributed by atoms with van der Waals surface area (Å²) in [6.07, 6.45) is 1.19. The van der Waals surface area contributed by atoms with Gasteiger partial charge in [0.15, 0.2) is 0 Å². The summed E-state index contributed by atoms with van der Waals surface area (Å²) >= 11 is 6.03. The highest BCUT2D eigenvalue weighted by Crippen LogP contribution is 2.35. The van der Waals surface area contributed by atoms with Gasteiger partial charge in [-0.05, 0) is 43.7 Å². The molecule has 0 saturated heterocycles. The number of aryl methyl sites for hydroxylation is 1. The molecule has 9 nitrogen and oxygen atoms in total. The zero-order chi connectivity index (χ0) is 21.7. The van der Waals surface area contributed by atoms with E-state index in [4.69, 9.17) is 16.3 Å². The number of esters is 1. The Hall–Kier alpha value is -3.72. The number of nitrogens with one attached hydrogen (secondary N) is 2. The van der Waals surface area contributed by atoms with Crippen molar-refractivity contribution >= 4 is 46.3 Å². The number of hydrogen-bond donors (Lipinski definition) is 2. The number of nitrogens with zero attached hydrogens (tertiary/aromatic N) is 3. The van der Waals surface area contributed by atoms with Gasteiger partial charge in [0, 0.05) is 10.7 Å². The zero-order valence-corrected chi connectivity index (χ0v) is 16.9. The van der Waals surface area contributed by atoms with E-state index in [9.17, 15) is 14.9 Å². The van der Waals surface area contributed by atoms with Crippen molar-refractivity contribution in [3.63, 3.8) is 0 Å². The topological polar surface area (TPSA) is 119 Å². The standard InChI is InChI=1S/C20H18ClN5O4/c1-3-30-20(27)14-6-4-5-7-15(14)24-18-17(26(28)29)19(23-11-22-18)25-16-10-13(21)9-8-12(16)2/h4-11H,3H2,1-2H3,(H2,22,23,24,25). The summed E-state index contributed by atoms with van der Waals surface area (Å²) in [5.74, 6) is -0.643. The molecule has 1 heterocycles. The van der Waals surface area contributed by atoms with Crippen LogP contribution in [0.3, 0.4) is 0 Å². The van der Waals surface area contributed by atoms with Crippen LogP contribution in [0.1, 0.15) is 22.8 Å². The molecular weight excluding hydrogens is 410 g/mol. The van der Waals surface area contributed by atoms with Crippen molar-refractivity contribution in [3.8, 4) is 0 Å². The van der Waals surface area contributed by atoms with Gasteiger partial charge in [0.25, 0.3) is 0 Å². The fourth-order valence-corrected chi connectivity index (χ4v) is 2.87. The van der Waals surface area contributed by atoms with Gasteiger partial charge in [-0.25, -0.2) is 14.8 Å². The largest absolute Gasteiger partial charge is 0.462 e. The third-order valence-electron chi connectivity index (χ3n) is 4.13. The highest BCUT2D eigenvalue weighted by molar-refractivity contribution is 6.30. The lowest BCUT2D eigenvalue weighted by molar-refractivity contribution is -0.383. The van der Waals surface area contributed by atoms with Gasteiger partial charge < -0.3 is 15.4 Å². The van der Waals surface area contributed by atoms with Crippen LogP contribution in [0, 0.1) is 17.0 Å². The van der Waals surface area contributed by atoms with E-state index in [1.165, 1.54) is 6.33 Å².